The van der Waals surface area contributed by atoms with E-state index in [4.69, 9.17) is 9.47 Å². The van der Waals surface area contributed by atoms with Crippen LogP contribution in [0.5, 0.6) is 11.5 Å². The van der Waals surface area contributed by atoms with Gasteiger partial charge in [-0.15, -0.1) is 0 Å². The maximum absolute atomic E-state index is 11.6. The minimum Gasteiger partial charge on any atom is -0.497 e. The van der Waals surface area contributed by atoms with Crippen molar-refractivity contribution in [3.8, 4) is 23.3 Å². The smallest absolute Gasteiger partial charge is 0.390 e. The van der Waals surface area contributed by atoms with Crippen molar-refractivity contribution in [1.29, 1.82) is 0 Å². The average molecular weight is 297 g/mol. The van der Waals surface area contributed by atoms with Crippen molar-refractivity contribution in [3.05, 3.63) is 64.2 Å². The van der Waals surface area contributed by atoms with Gasteiger partial charge in [0.25, 0.3) is 0 Å². The molecule has 0 saturated heterocycles. The summed E-state index contributed by atoms with van der Waals surface area (Å²) in [5.41, 5.74) is 0.308. The summed E-state index contributed by atoms with van der Waals surface area (Å²) in [5, 5.41) is 10.8. The van der Waals surface area contributed by atoms with Gasteiger partial charge in [-0.3, -0.25) is 10.1 Å². The fourth-order valence-corrected chi connectivity index (χ4v) is 1.62. The van der Waals surface area contributed by atoms with E-state index < -0.39 is 10.9 Å². The van der Waals surface area contributed by atoms with E-state index in [0.717, 1.165) is 0 Å². The van der Waals surface area contributed by atoms with Crippen LogP contribution in [0.25, 0.3) is 0 Å². The second-order valence-electron chi connectivity index (χ2n) is 4.09. The highest BCUT2D eigenvalue weighted by molar-refractivity contribution is 5.91. The Morgan fingerprint density at radius 2 is 1.82 bits per heavy atom. The molecular weight excluding hydrogens is 286 g/mol. The van der Waals surface area contributed by atoms with E-state index in [9.17, 15) is 14.9 Å². The zero-order valence-electron chi connectivity index (χ0n) is 11.6. The van der Waals surface area contributed by atoms with E-state index in [1.165, 1.54) is 24.3 Å². The molecule has 6 heteroatoms. The lowest BCUT2D eigenvalue weighted by Crippen LogP contribution is -2.06. The van der Waals surface area contributed by atoms with E-state index in [1.54, 1.807) is 31.4 Å². The van der Waals surface area contributed by atoms with Crippen LogP contribution in [0.4, 0.5) is 5.69 Å². The Labute approximate surface area is 126 Å². The highest BCUT2D eigenvalue weighted by Crippen LogP contribution is 2.25. The Kier molecular flexibility index (Phi) is 4.73. The van der Waals surface area contributed by atoms with Crippen LogP contribution in [-0.4, -0.2) is 18.0 Å². The third kappa shape index (κ3) is 3.84. The summed E-state index contributed by atoms with van der Waals surface area (Å²) in [5.74, 6) is 4.56. The molecule has 0 aliphatic heterocycles. The number of hydrogen-bond acceptors (Lipinski definition) is 5. The molecule has 0 atom stereocenters. The van der Waals surface area contributed by atoms with Crippen molar-refractivity contribution in [2.75, 3.05) is 7.11 Å². The summed E-state index contributed by atoms with van der Waals surface area (Å²) in [7, 11) is 1.55. The van der Waals surface area contributed by atoms with Crippen LogP contribution in [0.1, 0.15) is 5.56 Å². The van der Waals surface area contributed by atoms with E-state index in [2.05, 4.69) is 11.8 Å². The van der Waals surface area contributed by atoms with Crippen molar-refractivity contribution < 1.29 is 19.2 Å². The monoisotopic (exact) mass is 297 g/mol. The fourth-order valence-electron chi connectivity index (χ4n) is 1.62. The normalized spacial score (nSPS) is 9.32. The van der Waals surface area contributed by atoms with Crippen LogP contribution in [-0.2, 0) is 4.79 Å². The average Bonchev–Trinajstić information content (AvgIpc) is 2.53. The van der Waals surface area contributed by atoms with Crippen LogP contribution in [0, 0.1) is 22.0 Å². The Balaban J connectivity index is 2.11. The fraction of sp³-hybridized carbons (Fsp3) is 0.0625. The van der Waals surface area contributed by atoms with E-state index in [0.29, 0.717) is 11.3 Å². The van der Waals surface area contributed by atoms with E-state index in [1.807, 2.05) is 0 Å². The molecule has 2 rings (SSSR count). The molecular formula is C16H11NO5. The van der Waals surface area contributed by atoms with Gasteiger partial charge in [-0.2, -0.15) is 0 Å². The Morgan fingerprint density at radius 1 is 1.14 bits per heavy atom. The maximum Gasteiger partial charge on any atom is 0.390 e. The van der Waals surface area contributed by atoms with Gasteiger partial charge < -0.3 is 9.47 Å². The first kappa shape index (κ1) is 15.1. The third-order valence-corrected chi connectivity index (χ3v) is 2.66. The molecule has 0 aromatic heterocycles. The number of carbonyl (C=O) groups is 1. The number of hydrogen-bond donors (Lipinski definition) is 0. The second kappa shape index (κ2) is 6.90. The molecule has 0 heterocycles. The van der Waals surface area contributed by atoms with Crippen LogP contribution in [0.15, 0.2) is 48.5 Å². The number of methoxy groups -OCH3 is 1. The van der Waals surface area contributed by atoms with Gasteiger partial charge in [0.2, 0.25) is 5.75 Å². The van der Waals surface area contributed by atoms with Crippen LogP contribution in [0.3, 0.4) is 0 Å². The Morgan fingerprint density at radius 3 is 2.45 bits per heavy atom. The molecule has 2 aromatic rings. The summed E-state index contributed by atoms with van der Waals surface area (Å²) in [4.78, 5) is 21.8. The molecule has 0 aliphatic rings. The molecule has 0 bridgehead atoms. The lowest BCUT2D eigenvalue weighted by atomic mass is 10.2. The van der Waals surface area contributed by atoms with Gasteiger partial charge in [-0.1, -0.05) is 18.1 Å². The zero-order chi connectivity index (χ0) is 15.9. The number of carbonyl (C=O) groups excluding carboxylic acids is 1. The first-order valence-corrected chi connectivity index (χ1v) is 6.21. The summed E-state index contributed by atoms with van der Waals surface area (Å²) in [6, 6.07) is 12.4. The molecule has 6 nitrogen and oxygen atoms in total. The maximum atomic E-state index is 11.6. The van der Waals surface area contributed by atoms with E-state index >= 15 is 0 Å². The lowest BCUT2D eigenvalue weighted by molar-refractivity contribution is -0.385. The minimum absolute atomic E-state index is 0.137. The number of nitro groups is 1. The molecule has 0 N–H and O–H groups in total. The predicted molar refractivity (Wildman–Crippen MR) is 78.6 cm³/mol. The summed E-state index contributed by atoms with van der Waals surface area (Å²) >= 11 is 0. The van der Waals surface area contributed by atoms with Crippen molar-refractivity contribution >= 4 is 11.7 Å². The summed E-state index contributed by atoms with van der Waals surface area (Å²) in [6.07, 6.45) is 0. The first-order valence-electron chi connectivity index (χ1n) is 6.21. The summed E-state index contributed by atoms with van der Waals surface area (Å²) < 4.78 is 9.90. The number of esters is 1. The van der Waals surface area contributed by atoms with Crippen molar-refractivity contribution in [2.24, 2.45) is 0 Å². The molecule has 0 saturated carbocycles. The molecule has 0 radical (unpaired) electrons. The quantitative estimate of drug-likeness (QED) is 0.286. The van der Waals surface area contributed by atoms with Gasteiger partial charge in [-0.25, -0.2) is 4.79 Å². The highest BCUT2D eigenvalue weighted by atomic mass is 16.6. The third-order valence-electron chi connectivity index (χ3n) is 2.66. The molecule has 0 spiro atoms. The first-order chi connectivity index (χ1) is 10.6. The number of benzene rings is 2. The molecule has 0 aliphatic carbocycles. The van der Waals surface area contributed by atoms with Gasteiger partial charge in [0.05, 0.1) is 12.0 Å². The number of nitrogens with zero attached hydrogens (tertiary/aromatic N) is 1. The summed E-state index contributed by atoms with van der Waals surface area (Å²) in [6.45, 7) is 0. The largest absolute Gasteiger partial charge is 0.497 e. The molecule has 2 aromatic carbocycles. The van der Waals surface area contributed by atoms with Gasteiger partial charge in [0.15, 0.2) is 0 Å². The van der Waals surface area contributed by atoms with Crippen LogP contribution >= 0.6 is 0 Å². The van der Waals surface area contributed by atoms with Gasteiger partial charge in [0, 0.05) is 17.6 Å². The van der Waals surface area contributed by atoms with Crippen molar-refractivity contribution in [3.63, 3.8) is 0 Å². The highest BCUT2D eigenvalue weighted by Gasteiger charge is 2.15. The standard InChI is InChI=1S/C16H11NO5/c1-21-13-9-6-12(7-10-13)8-11-16(18)22-15-5-3-2-4-14(15)17(19)20/h2-7,9-10H,1H3. The Hall–Kier alpha value is -3.33. The van der Waals surface area contributed by atoms with Crippen molar-refractivity contribution in [1.82, 2.24) is 0 Å². The molecule has 0 unspecified atom stereocenters. The molecule has 0 fully saturated rings. The number of rotatable bonds is 3. The topological polar surface area (TPSA) is 78.7 Å². The minimum atomic E-state index is -0.870. The van der Waals surface area contributed by atoms with E-state index in [-0.39, 0.29) is 11.4 Å². The Bertz CT molecular complexity index is 756. The number of ether oxygens (including phenoxy) is 2. The molecule has 110 valence electrons. The predicted octanol–water partition coefficient (Wildman–Crippen LogP) is 2.56. The molecule has 0 amide bonds. The van der Waals surface area contributed by atoms with Gasteiger partial charge in [-0.05, 0) is 30.3 Å². The lowest BCUT2D eigenvalue weighted by Gasteiger charge is -2.00. The van der Waals surface area contributed by atoms with Gasteiger partial charge >= 0.3 is 11.7 Å². The SMILES string of the molecule is COc1ccc(C#CC(=O)Oc2ccccc2[N+](=O)[O-])cc1. The van der Waals surface area contributed by atoms with Crippen molar-refractivity contribution in [2.45, 2.75) is 0 Å². The van der Waals surface area contributed by atoms with Crippen LogP contribution in [0.2, 0.25) is 0 Å². The number of nitro benzene ring substituents is 1. The second-order valence-corrected chi connectivity index (χ2v) is 4.09. The number of para-hydroxylation sites is 2. The molecule has 22 heavy (non-hydrogen) atoms. The zero-order valence-corrected chi connectivity index (χ0v) is 11.6. The van der Waals surface area contributed by atoms with Gasteiger partial charge in [0.1, 0.15) is 5.75 Å². The van der Waals surface area contributed by atoms with Crippen LogP contribution < -0.4 is 9.47 Å².